The highest BCUT2D eigenvalue weighted by Crippen LogP contribution is 2.27. The summed E-state index contributed by atoms with van der Waals surface area (Å²) >= 11 is 12.3. The Morgan fingerprint density at radius 3 is 2.67 bits per heavy atom. The Morgan fingerprint density at radius 1 is 1.05 bits per heavy atom. The summed E-state index contributed by atoms with van der Waals surface area (Å²) in [6.07, 6.45) is 1.11. The first-order chi connectivity index (χ1) is 10.3. The molecule has 2 nitrogen and oxygen atoms in total. The van der Waals surface area contributed by atoms with Crippen molar-refractivity contribution in [1.29, 1.82) is 0 Å². The second-order valence-corrected chi connectivity index (χ2v) is 6.12. The van der Waals surface area contributed by atoms with Gasteiger partial charge in [-0.1, -0.05) is 65.7 Å². The van der Waals surface area contributed by atoms with Crippen molar-refractivity contribution in [3.63, 3.8) is 0 Å². The van der Waals surface area contributed by atoms with Crippen molar-refractivity contribution in [2.24, 2.45) is 0 Å². The smallest absolute Gasteiger partial charge is 0.0637 e. The van der Waals surface area contributed by atoms with Gasteiger partial charge < -0.3 is 10.6 Å². The number of hydrogen-bond acceptors (Lipinski definition) is 2. The normalized spacial score (nSPS) is 21.6. The Labute approximate surface area is 135 Å². The summed E-state index contributed by atoms with van der Waals surface area (Å²) in [5.74, 6) is 0. The van der Waals surface area contributed by atoms with Crippen LogP contribution in [-0.4, -0.2) is 12.6 Å². The van der Waals surface area contributed by atoms with Crippen molar-refractivity contribution >= 4 is 23.2 Å². The summed E-state index contributed by atoms with van der Waals surface area (Å²) in [6, 6.07) is 17.1. The summed E-state index contributed by atoms with van der Waals surface area (Å²) in [7, 11) is 0. The molecular formula is C17H18Cl2N2. The maximum atomic E-state index is 6.24. The lowest BCUT2D eigenvalue weighted by molar-refractivity contribution is 0.461. The zero-order valence-electron chi connectivity index (χ0n) is 11.7. The van der Waals surface area contributed by atoms with Crippen LogP contribution in [-0.2, 0) is 6.54 Å². The average molecular weight is 321 g/mol. The summed E-state index contributed by atoms with van der Waals surface area (Å²) in [5.41, 5.74) is 2.37. The van der Waals surface area contributed by atoms with Crippen LogP contribution in [0.15, 0.2) is 48.5 Å². The van der Waals surface area contributed by atoms with E-state index in [1.165, 1.54) is 5.56 Å². The van der Waals surface area contributed by atoms with Gasteiger partial charge in [-0.15, -0.1) is 0 Å². The van der Waals surface area contributed by atoms with Crippen LogP contribution in [0.2, 0.25) is 10.0 Å². The fourth-order valence-electron chi connectivity index (χ4n) is 2.86. The molecule has 2 N–H and O–H groups in total. The van der Waals surface area contributed by atoms with Gasteiger partial charge in [-0.3, -0.25) is 0 Å². The SMILES string of the molecule is Clc1cccc(CN[C@@H]2CCN[C@@H]2c2ccccc2)c1Cl. The minimum atomic E-state index is 0.351. The molecule has 0 radical (unpaired) electrons. The fourth-order valence-corrected chi connectivity index (χ4v) is 3.25. The molecule has 0 bridgehead atoms. The van der Waals surface area contributed by atoms with Gasteiger partial charge in [-0.25, -0.2) is 0 Å². The molecule has 0 aromatic heterocycles. The van der Waals surface area contributed by atoms with E-state index >= 15 is 0 Å². The monoisotopic (exact) mass is 320 g/mol. The van der Waals surface area contributed by atoms with E-state index in [9.17, 15) is 0 Å². The van der Waals surface area contributed by atoms with Crippen LogP contribution < -0.4 is 10.6 Å². The standard InChI is InChI=1S/C17H18Cl2N2/c18-14-8-4-7-13(16(14)19)11-21-15-9-10-20-17(15)12-5-2-1-3-6-12/h1-8,15,17,20-21H,9-11H2/t15-,17-/m1/s1. The second kappa shape index (κ2) is 6.80. The lowest BCUT2D eigenvalue weighted by Crippen LogP contribution is -2.34. The predicted octanol–water partition coefficient (Wildman–Crippen LogP) is 4.19. The molecule has 2 aromatic rings. The van der Waals surface area contributed by atoms with Gasteiger partial charge in [0.15, 0.2) is 0 Å². The van der Waals surface area contributed by atoms with Crippen LogP contribution in [0, 0.1) is 0 Å². The van der Waals surface area contributed by atoms with E-state index in [1.54, 1.807) is 0 Å². The molecule has 21 heavy (non-hydrogen) atoms. The first-order valence-electron chi connectivity index (χ1n) is 7.20. The van der Waals surface area contributed by atoms with Gasteiger partial charge in [-0.2, -0.15) is 0 Å². The molecule has 0 unspecified atom stereocenters. The van der Waals surface area contributed by atoms with E-state index < -0.39 is 0 Å². The number of halogens is 2. The Kier molecular flexibility index (Phi) is 4.81. The Bertz CT molecular complexity index is 601. The highest BCUT2D eigenvalue weighted by molar-refractivity contribution is 6.42. The van der Waals surface area contributed by atoms with Gasteiger partial charge in [0.2, 0.25) is 0 Å². The summed E-state index contributed by atoms with van der Waals surface area (Å²) in [4.78, 5) is 0. The van der Waals surface area contributed by atoms with Crippen LogP contribution in [0.1, 0.15) is 23.6 Å². The molecule has 1 aliphatic rings. The van der Waals surface area contributed by atoms with Gasteiger partial charge in [0.05, 0.1) is 10.0 Å². The molecule has 0 aliphatic carbocycles. The Hall–Kier alpha value is -1.06. The Balaban J connectivity index is 1.68. The predicted molar refractivity (Wildman–Crippen MR) is 88.9 cm³/mol. The molecule has 110 valence electrons. The van der Waals surface area contributed by atoms with Crippen molar-refractivity contribution in [1.82, 2.24) is 10.6 Å². The first kappa shape index (κ1) is 14.9. The van der Waals surface area contributed by atoms with Crippen molar-refractivity contribution in [2.45, 2.75) is 25.0 Å². The van der Waals surface area contributed by atoms with Crippen LogP contribution in [0.3, 0.4) is 0 Å². The average Bonchev–Trinajstić information content (AvgIpc) is 2.98. The van der Waals surface area contributed by atoms with E-state index in [0.29, 0.717) is 22.1 Å². The van der Waals surface area contributed by atoms with E-state index in [-0.39, 0.29) is 0 Å². The maximum Gasteiger partial charge on any atom is 0.0637 e. The molecule has 4 heteroatoms. The molecule has 2 atom stereocenters. The highest BCUT2D eigenvalue weighted by atomic mass is 35.5. The third-order valence-electron chi connectivity index (χ3n) is 3.97. The lowest BCUT2D eigenvalue weighted by Gasteiger charge is -2.21. The zero-order valence-corrected chi connectivity index (χ0v) is 13.2. The molecule has 0 spiro atoms. The van der Waals surface area contributed by atoms with Crippen molar-refractivity contribution < 1.29 is 0 Å². The number of benzene rings is 2. The van der Waals surface area contributed by atoms with Gasteiger partial charge in [-0.05, 0) is 30.2 Å². The third kappa shape index (κ3) is 3.41. The molecule has 1 heterocycles. The molecule has 3 rings (SSSR count). The first-order valence-corrected chi connectivity index (χ1v) is 7.96. The topological polar surface area (TPSA) is 24.1 Å². The minimum absolute atomic E-state index is 0.351. The van der Waals surface area contributed by atoms with Gasteiger partial charge in [0.25, 0.3) is 0 Å². The van der Waals surface area contributed by atoms with Crippen molar-refractivity contribution in [3.05, 3.63) is 69.7 Å². The fraction of sp³-hybridized carbons (Fsp3) is 0.294. The van der Waals surface area contributed by atoms with E-state index in [4.69, 9.17) is 23.2 Å². The van der Waals surface area contributed by atoms with Crippen LogP contribution in [0.4, 0.5) is 0 Å². The zero-order chi connectivity index (χ0) is 14.7. The largest absolute Gasteiger partial charge is 0.309 e. The molecular weight excluding hydrogens is 303 g/mol. The van der Waals surface area contributed by atoms with Crippen molar-refractivity contribution in [2.75, 3.05) is 6.54 Å². The van der Waals surface area contributed by atoms with E-state index in [0.717, 1.165) is 25.1 Å². The molecule has 1 fully saturated rings. The second-order valence-electron chi connectivity index (χ2n) is 5.33. The van der Waals surface area contributed by atoms with Gasteiger partial charge in [0, 0.05) is 18.6 Å². The molecule has 0 saturated carbocycles. The minimum Gasteiger partial charge on any atom is -0.309 e. The lowest BCUT2D eigenvalue weighted by atomic mass is 10.0. The third-order valence-corrected chi connectivity index (χ3v) is 4.82. The van der Waals surface area contributed by atoms with Gasteiger partial charge >= 0.3 is 0 Å². The summed E-state index contributed by atoms with van der Waals surface area (Å²) in [6.45, 7) is 1.76. The van der Waals surface area contributed by atoms with E-state index in [2.05, 4.69) is 34.9 Å². The summed E-state index contributed by atoms with van der Waals surface area (Å²) in [5, 5.41) is 8.43. The summed E-state index contributed by atoms with van der Waals surface area (Å²) < 4.78 is 0. The van der Waals surface area contributed by atoms with Crippen LogP contribution in [0.5, 0.6) is 0 Å². The number of nitrogens with one attached hydrogen (secondary N) is 2. The van der Waals surface area contributed by atoms with Crippen molar-refractivity contribution in [3.8, 4) is 0 Å². The molecule has 2 aromatic carbocycles. The molecule has 1 saturated heterocycles. The van der Waals surface area contributed by atoms with Gasteiger partial charge in [0.1, 0.15) is 0 Å². The number of rotatable bonds is 4. The number of hydrogen-bond donors (Lipinski definition) is 2. The Morgan fingerprint density at radius 2 is 1.86 bits per heavy atom. The van der Waals surface area contributed by atoms with Crippen LogP contribution in [0.25, 0.3) is 0 Å². The highest BCUT2D eigenvalue weighted by Gasteiger charge is 2.27. The van der Waals surface area contributed by atoms with Crippen LogP contribution >= 0.6 is 23.2 Å². The molecule has 1 aliphatic heterocycles. The molecule has 0 amide bonds. The van der Waals surface area contributed by atoms with E-state index in [1.807, 2.05) is 24.3 Å². The quantitative estimate of drug-likeness (QED) is 0.882. The maximum absolute atomic E-state index is 6.24.